The first kappa shape index (κ1) is 9.91. The molecule has 0 aromatic rings. The van der Waals surface area contributed by atoms with Crippen molar-refractivity contribution in [3.8, 4) is 0 Å². The van der Waals surface area contributed by atoms with Crippen LogP contribution in [0.15, 0.2) is 0 Å². The molecule has 1 atom stereocenters. The second-order valence-corrected chi connectivity index (χ2v) is 5.15. The highest BCUT2D eigenvalue weighted by molar-refractivity contribution is 7.91. The highest BCUT2D eigenvalue weighted by atomic mass is 32.2. The lowest BCUT2D eigenvalue weighted by atomic mass is 10.4. The minimum absolute atomic E-state index is 0.0735. The lowest BCUT2D eigenvalue weighted by molar-refractivity contribution is -0.0300. The number of aliphatic hydroxyl groups excluding tert-OH is 2. The molecule has 1 unspecified atom stereocenters. The van der Waals surface area contributed by atoms with Crippen molar-refractivity contribution in [3.05, 3.63) is 0 Å². The predicted octanol–water partition coefficient (Wildman–Crippen LogP) is -1.97. The maximum atomic E-state index is 10.9. The molecule has 1 aliphatic heterocycles. The molecule has 0 aliphatic carbocycles. The van der Waals surface area contributed by atoms with E-state index < -0.39 is 16.1 Å². The molecule has 6 heteroatoms. The molecule has 2 N–H and O–H groups in total. The number of hydrogen-bond donors (Lipinski definition) is 2. The maximum absolute atomic E-state index is 10.9. The Hall–Kier alpha value is -0.170. The summed E-state index contributed by atoms with van der Waals surface area (Å²) >= 11 is 0. The van der Waals surface area contributed by atoms with Gasteiger partial charge in [0.25, 0.3) is 0 Å². The third-order valence-electron chi connectivity index (χ3n) is 1.96. The van der Waals surface area contributed by atoms with Crippen molar-refractivity contribution in [2.75, 3.05) is 31.2 Å². The van der Waals surface area contributed by atoms with Gasteiger partial charge in [-0.15, -0.1) is 0 Å². The molecule has 1 heterocycles. The van der Waals surface area contributed by atoms with Crippen molar-refractivity contribution in [1.82, 2.24) is 4.90 Å². The van der Waals surface area contributed by atoms with Crippen LogP contribution in [0.4, 0.5) is 0 Å². The number of aliphatic hydroxyl groups is 2. The quantitative estimate of drug-likeness (QED) is 0.534. The summed E-state index contributed by atoms with van der Waals surface area (Å²) in [5.41, 5.74) is 0. The normalized spacial score (nSPS) is 26.8. The Morgan fingerprint density at radius 3 is 2.25 bits per heavy atom. The zero-order valence-corrected chi connectivity index (χ0v) is 7.50. The van der Waals surface area contributed by atoms with E-state index in [2.05, 4.69) is 0 Å². The first-order valence-corrected chi connectivity index (χ1v) is 5.61. The Kier molecular flexibility index (Phi) is 3.05. The van der Waals surface area contributed by atoms with E-state index in [4.69, 9.17) is 10.2 Å². The molecule has 0 amide bonds. The standard InChI is InChI=1S/C6H13NO4S/c8-5-6(9)7-1-3-12(10,11)4-2-7/h6,8-9H,1-5H2. The van der Waals surface area contributed by atoms with Gasteiger partial charge in [0.15, 0.2) is 9.84 Å². The van der Waals surface area contributed by atoms with Crippen molar-refractivity contribution in [2.24, 2.45) is 0 Å². The van der Waals surface area contributed by atoms with E-state index in [1.165, 1.54) is 0 Å². The van der Waals surface area contributed by atoms with Gasteiger partial charge in [-0.3, -0.25) is 4.90 Å². The monoisotopic (exact) mass is 195 g/mol. The summed E-state index contributed by atoms with van der Waals surface area (Å²) in [5.74, 6) is 0.147. The Balaban J connectivity index is 2.46. The van der Waals surface area contributed by atoms with Gasteiger partial charge in [0.05, 0.1) is 18.1 Å². The molecule has 0 aromatic carbocycles. The lowest BCUT2D eigenvalue weighted by Crippen LogP contribution is -2.47. The number of rotatable bonds is 2. The van der Waals surface area contributed by atoms with Crippen LogP contribution in [0.2, 0.25) is 0 Å². The van der Waals surface area contributed by atoms with Crippen molar-refractivity contribution in [3.63, 3.8) is 0 Å². The van der Waals surface area contributed by atoms with Crippen LogP contribution in [0.25, 0.3) is 0 Å². The second kappa shape index (κ2) is 3.69. The van der Waals surface area contributed by atoms with Crippen molar-refractivity contribution in [1.29, 1.82) is 0 Å². The number of nitrogens with zero attached hydrogens (tertiary/aromatic N) is 1. The molecule has 1 fully saturated rings. The molecule has 1 rings (SSSR count). The lowest BCUT2D eigenvalue weighted by Gasteiger charge is -2.29. The largest absolute Gasteiger partial charge is 0.392 e. The van der Waals surface area contributed by atoms with Crippen LogP contribution in [0, 0.1) is 0 Å². The molecule has 0 saturated carbocycles. The predicted molar refractivity (Wildman–Crippen MR) is 43.3 cm³/mol. The van der Waals surface area contributed by atoms with Gasteiger partial charge in [-0.25, -0.2) is 8.42 Å². The van der Waals surface area contributed by atoms with Crippen molar-refractivity contribution < 1.29 is 18.6 Å². The summed E-state index contributed by atoms with van der Waals surface area (Å²) in [6.45, 7) is 0.272. The molecule has 12 heavy (non-hydrogen) atoms. The zero-order valence-electron chi connectivity index (χ0n) is 6.68. The Morgan fingerprint density at radius 1 is 1.33 bits per heavy atom. The van der Waals surface area contributed by atoms with E-state index in [0.717, 1.165) is 0 Å². The molecule has 0 aromatic heterocycles. The number of sulfone groups is 1. The van der Waals surface area contributed by atoms with Gasteiger partial charge in [-0.2, -0.15) is 0 Å². The van der Waals surface area contributed by atoms with Gasteiger partial charge in [-0.05, 0) is 0 Å². The summed E-state index contributed by atoms with van der Waals surface area (Å²) in [4.78, 5) is 1.56. The Bertz CT molecular complexity index is 224. The van der Waals surface area contributed by atoms with E-state index in [1.54, 1.807) is 4.90 Å². The molecular formula is C6H13NO4S. The highest BCUT2D eigenvalue weighted by Crippen LogP contribution is 2.05. The fraction of sp³-hybridized carbons (Fsp3) is 1.00. The molecule has 5 nitrogen and oxygen atoms in total. The molecule has 72 valence electrons. The highest BCUT2D eigenvalue weighted by Gasteiger charge is 2.25. The first-order valence-electron chi connectivity index (χ1n) is 3.78. The minimum Gasteiger partial charge on any atom is -0.392 e. The third kappa shape index (κ3) is 2.41. The third-order valence-corrected chi connectivity index (χ3v) is 3.57. The van der Waals surface area contributed by atoms with E-state index in [-0.39, 0.29) is 18.1 Å². The van der Waals surface area contributed by atoms with Crippen molar-refractivity contribution in [2.45, 2.75) is 6.23 Å². The summed E-state index contributed by atoms with van der Waals surface area (Å²) < 4.78 is 21.9. The zero-order chi connectivity index (χ0) is 9.19. The fourth-order valence-corrected chi connectivity index (χ4v) is 2.37. The average molecular weight is 195 g/mol. The van der Waals surface area contributed by atoms with Gasteiger partial charge in [-0.1, -0.05) is 0 Å². The van der Waals surface area contributed by atoms with Crippen LogP contribution in [0.3, 0.4) is 0 Å². The van der Waals surface area contributed by atoms with Crippen LogP contribution < -0.4 is 0 Å². The van der Waals surface area contributed by atoms with Gasteiger partial charge in [0, 0.05) is 13.1 Å². The van der Waals surface area contributed by atoms with E-state index in [0.29, 0.717) is 13.1 Å². The fourth-order valence-electron chi connectivity index (χ4n) is 1.14. The SMILES string of the molecule is O=S1(=O)CCN(C(O)CO)CC1. The van der Waals surface area contributed by atoms with Crippen LogP contribution in [-0.4, -0.2) is 61.0 Å². The van der Waals surface area contributed by atoms with Gasteiger partial charge < -0.3 is 10.2 Å². The van der Waals surface area contributed by atoms with Gasteiger partial charge in [0.1, 0.15) is 6.23 Å². The molecule has 0 spiro atoms. The van der Waals surface area contributed by atoms with E-state index in [1.807, 2.05) is 0 Å². The van der Waals surface area contributed by atoms with E-state index in [9.17, 15) is 8.42 Å². The van der Waals surface area contributed by atoms with Crippen LogP contribution in [0.5, 0.6) is 0 Å². The average Bonchev–Trinajstić information content (AvgIpc) is 2.03. The van der Waals surface area contributed by atoms with Crippen LogP contribution in [0.1, 0.15) is 0 Å². The molecule has 0 bridgehead atoms. The topological polar surface area (TPSA) is 77.8 Å². The van der Waals surface area contributed by atoms with Gasteiger partial charge >= 0.3 is 0 Å². The van der Waals surface area contributed by atoms with Crippen molar-refractivity contribution >= 4 is 9.84 Å². The smallest absolute Gasteiger partial charge is 0.152 e. The Morgan fingerprint density at radius 2 is 1.83 bits per heavy atom. The Labute approximate surface area is 71.5 Å². The second-order valence-electron chi connectivity index (χ2n) is 2.85. The summed E-state index contributed by atoms with van der Waals surface area (Å²) in [6.07, 6.45) is -0.916. The molecule has 1 saturated heterocycles. The summed E-state index contributed by atoms with van der Waals surface area (Å²) in [6, 6.07) is 0. The minimum atomic E-state index is -2.89. The van der Waals surface area contributed by atoms with Crippen LogP contribution >= 0.6 is 0 Å². The first-order chi connectivity index (χ1) is 5.55. The molecular weight excluding hydrogens is 182 g/mol. The van der Waals surface area contributed by atoms with Gasteiger partial charge in [0.2, 0.25) is 0 Å². The van der Waals surface area contributed by atoms with E-state index >= 15 is 0 Å². The maximum Gasteiger partial charge on any atom is 0.152 e. The van der Waals surface area contributed by atoms with Crippen LogP contribution in [-0.2, 0) is 9.84 Å². The number of hydrogen-bond acceptors (Lipinski definition) is 5. The summed E-state index contributed by atoms with van der Waals surface area (Å²) in [7, 11) is -2.89. The summed E-state index contributed by atoms with van der Waals surface area (Å²) in [5, 5.41) is 17.7. The molecule has 0 radical (unpaired) electrons. The molecule has 1 aliphatic rings.